The van der Waals surface area contributed by atoms with E-state index < -0.39 is 0 Å². The zero-order chi connectivity index (χ0) is 13.1. The first-order valence-corrected chi connectivity index (χ1v) is 6.80. The Morgan fingerprint density at radius 1 is 1.26 bits per heavy atom. The summed E-state index contributed by atoms with van der Waals surface area (Å²) in [6.07, 6.45) is 4.09. The van der Waals surface area contributed by atoms with Gasteiger partial charge < -0.3 is 10.1 Å². The molecule has 98 valence electrons. The topological polar surface area (TPSA) is 34.1 Å². The number of hydrogen-bond donors (Lipinski definition) is 1. The molecule has 3 nitrogen and oxygen atoms in total. The van der Waals surface area contributed by atoms with Crippen LogP contribution in [0.25, 0.3) is 0 Å². The van der Waals surface area contributed by atoms with E-state index in [4.69, 9.17) is 4.74 Å². The summed E-state index contributed by atoms with van der Waals surface area (Å²) in [5.74, 6) is 0.915. The molecule has 0 radical (unpaired) electrons. The van der Waals surface area contributed by atoms with Crippen LogP contribution < -0.4 is 10.1 Å². The van der Waals surface area contributed by atoms with Crippen molar-refractivity contribution in [3.8, 4) is 5.75 Å². The molecule has 19 heavy (non-hydrogen) atoms. The highest BCUT2D eigenvalue weighted by molar-refractivity contribution is 5.49. The van der Waals surface area contributed by atoms with Crippen molar-refractivity contribution < 1.29 is 4.74 Å². The number of nitrogens with zero attached hydrogens (tertiary/aromatic N) is 1. The smallest absolute Gasteiger partial charge is 0.119 e. The lowest BCUT2D eigenvalue weighted by atomic mass is 10.2. The van der Waals surface area contributed by atoms with Gasteiger partial charge in [-0.3, -0.25) is 4.98 Å². The van der Waals surface area contributed by atoms with Crippen LogP contribution in [0.15, 0.2) is 42.6 Å². The normalized spacial score (nSPS) is 17.0. The third-order valence-electron chi connectivity index (χ3n) is 3.46. The Labute approximate surface area is 113 Å². The van der Waals surface area contributed by atoms with Crippen LogP contribution in [0.1, 0.15) is 30.6 Å². The van der Waals surface area contributed by atoms with Crippen molar-refractivity contribution in [2.24, 2.45) is 0 Å². The van der Waals surface area contributed by atoms with Crippen molar-refractivity contribution in [1.29, 1.82) is 0 Å². The van der Waals surface area contributed by atoms with Crippen LogP contribution in [0.4, 0.5) is 5.69 Å². The molecule has 1 aromatic heterocycles. The molecular weight excluding hydrogens is 236 g/mol. The fourth-order valence-corrected chi connectivity index (χ4v) is 2.57. The van der Waals surface area contributed by atoms with Gasteiger partial charge in [0.2, 0.25) is 0 Å². The highest BCUT2D eigenvalue weighted by Gasteiger charge is 2.23. The molecule has 1 N–H and O–H groups in total. The van der Waals surface area contributed by atoms with Gasteiger partial charge in [0.05, 0.1) is 18.3 Å². The lowest BCUT2D eigenvalue weighted by molar-refractivity contribution is 0.340. The average Bonchev–Trinajstić information content (AvgIpc) is 2.85. The summed E-state index contributed by atoms with van der Waals surface area (Å²) in [5.41, 5.74) is 3.68. The molecule has 3 heteroatoms. The zero-order valence-corrected chi connectivity index (χ0v) is 11.1. The molecule has 1 aliphatic carbocycles. The number of hydrogen-bond acceptors (Lipinski definition) is 3. The SMILES string of the molecule is CCOc1ccc(NC2CCc3cccnc32)cc1. The fourth-order valence-electron chi connectivity index (χ4n) is 2.57. The number of fused-ring (bicyclic) bond motifs is 1. The fraction of sp³-hybridized carbons (Fsp3) is 0.312. The highest BCUT2D eigenvalue weighted by atomic mass is 16.5. The molecule has 3 rings (SSSR count). The minimum absolute atomic E-state index is 0.328. The summed E-state index contributed by atoms with van der Waals surface area (Å²) in [7, 11) is 0. The summed E-state index contributed by atoms with van der Waals surface area (Å²) in [6.45, 7) is 2.69. The molecule has 1 unspecified atom stereocenters. The molecule has 2 aromatic rings. The van der Waals surface area contributed by atoms with E-state index >= 15 is 0 Å². The second-order valence-corrected chi connectivity index (χ2v) is 4.74. The van der Waals surface area contributed by atoms with Crippen molar-refractivity contribution in [3.05, 3.63) is 53.9 Å². The summed E-state index contributed by atoms with van der Waals surface area (Å²) in [4.78, 5) is 4.50. The van der Waals surface area contributed by atoms with Crippen molar-refractivity contribution >= 4 is 5.69 Å². The molecule has 0 amide bonds. The highest BCUT2D eigenvalue weighted by Crippen LogP contribution is 2.32. The van der Waals surface area contributed by atoms with Crippen LogP contribution in [-0.2, 0) is 6.42 Å². The van der Waals surface area contributed by atoms with Crippen LogP contribution in [0.5, 0.6) is 5.75 Å². The zero-order valence-electron chi connectivity index (χ0n) is 11.1. The van der Waals surface area contributed by atoms with E-state index in [1.54, 1.807) is 0 Å². The quantitative estimate of drug-likeness (QED) is 0.905. The third kappa shape index (κ3) is 2.55. The number of aromatic nitrogens is 1. The van der Waals surface area contributed by atoms with Crippen molar-refractivity contribution in [1.82, 2.24) is 4.98 Å². The third-order valence-corrected chi connectivity index (χ3v) is 3.46. The molecular formula is C16H18N2O. The predicted octanol–water partition coefficient (Wildman–Crippen LogP) is 3.58. The Bertz CT molecular complexity index is 551. The van der Waals surface area contributed by atoms with E-state index in [1.165, 1.54) is 11.3 Å². The molecule has 0 bridgehead atoms. The Balaban J connectivity index is 1.72. The molecule has 1 heterocycles. The lowest BCUT2D eigenvalue weighted by Crippen LogP contribution is -2.08. The van der Waals surface area contributed by atoms with Gasteiger partial charge in [0.25, 0.3) is 0 Å². The Hall–Kier alpha value is -2.03. The van der Waals surface area contributed by atoms with E-state index in [0.717, 1.165) is 24.3 Å². The monoisotopic (exact) mass is 254 g/mol. The summed E-state index contributed by atoms with van der Waals surface area (Å²) in [5, 5.41) is 3.55. The minimum atomic E-state index is 0.328. The maximum atomic E-state index is 5.45. The Morgan fingerprint density at radius 2 is 2.11 bits per heavy atom. The van der Waals surface area contributed by atoms with Gasteiger partial charge >= 0.3 is 0 Å². The van der Waals surface area contributed by atoms with Crippen molar-refractivity contribution in [2.75, 3.05) is 11.9 Å². The maximum Gasteiger partial charge on any atom is 0.119 e. The molecule has 0 aliphatic heterocycles. The van der Waals surface area contributed by atoms with E-state index in [-0.39, 0.29) is 0 Å². The molecule has 1 aliphatic rings. The first-order valence-electron chi connectivity index (χ1n) is 6.80. The van der Waals surface area contributed by atoms with Gasteiger partial charge in [-0.1, -0.05) is 6.07 Å². The number of pyridine rings is 1. The first-order chi connectivity index (χ1) is 9.36. The van der Waals surface area contributed by atoms with E-state index in [0.29, 0.717) is 12.6 Å². The Kier molecular flexibility index (Phi) is 3.36. The number of rotatable bonds is 4. The number of nitrogens with one attached hydrogen (secondary N) is 1. The van der Waals surface area contributed by atoms with Gasteiger partial charge in [-0.15, -0.1) is 0 Å². The number of aryl methyl sites for hydroxylation is 1. The summed E-state index contributed by atoms with van der Waals surface area (Å²) < 4.78 is 5.45. The van der Waals surface area contributed by atoms with E-state index in [9.17, 15) is 0 Å². The molecule has 1 atom stereocenters. The van der Waals surface area contributed by atoms with Gasteiger partial charge in [-0.25, -0.2) is 0 Å². The van der Waals surface area contributed by atoms with E-state index in [2.05, 4.69) is 28.5 Å². The van der Waals surface area contributed by atoms with Crippen LogP contribution in [0, 0.1) is 0 Å². The number of anilines is 1. The summed E-state index contributed by atoms with van der Waals surface area (Å²) >= 11 is 0. The first kappa shape index (κ1) is 12.0. The predicted molar refractivity (Wildman–Crippen MR) is 76.5 cm³/mol. The van der Waals surface area contributed by atoms with Crippen LogP contribution in [0.2, 0.25) is 0 Å². The van der Waals surface area contributed by atoms with Crippen molar-refractivity contribution in [3.63, 3.8) is 0 Å². The average molecular weight is 254 g/mol. The number of ether oxygens (including phenoxy) is 1. The molecule has 0 saturated heterocycles. The molecule has 0 saturated carbocycles. The minimum Gasteiger partial charge on any atom is -0.494 e. The van der Waals surface area contributed by atoms with Gasteiger partial charge in [0.1, 0.15) is 5.75 Å². The van der Waals surface area contributed by atoms with Crippen LogP contribution in [0.3, 0.4) is 0 Å². The lowest BCUT2D eigenvalue weighted by Gasteiger charge is -2.15. The summed E-state index contributed by atoms with van der Waals surface area (Å²) in [6, 6.07) is 12.6. The second-order valence-electron chi connectivity index (χ2n) is 4.74. The maximum absolute atomic E-state index is 5.45. The van der Waals surface area contributed by atoms with Gasteiger partial charge in [0, 0.05) is 11.9 Å². The molecule has 1 aromatic carbocycles. The second kappa shape index (κ2) is 5.31. The molecule has 0 fully saturated rings. The van der Waals surface area contributed by atoms with Crippen LogP contribution in [-0.4, -0.2) is 11.6 Å². The van der Waals surface area contributed by atoms with Gasteiger partial charge in [0.15, 0.2) is 0 Å². The number of benzene rings is 1. The largest absolute Gasteiger partial charge is 0.494 e. The molecule has 0 spiro atoms. The van der Waals surface area contributed by atoms with Gasteiger partial charge in [-0.05, 0) is 55.7 Å². The van der Waals surface area contributed by atoms with Crippen molar-refractivity contribution in [2.45, 2.75) is 25.8 Å². The van der Waals surface area contributed by atoms with E-state index in [1.807, 2.05) is 31.3 Å². The van der Waals surface area contributed by atoms with Gasteiger partial charge in [-0.2, -0.15) is 0 Å². The van der Waals surface area contributed by atoms with Crippen LogP contribution >= 0.6 is 0 Å². The Morgan fingerprint density at radius 3 is 2.89 bits per heavy atom. The standard InChI is InChI=1S/C16H18N2O/c1-2-19-14-8-6-13(7-9-14)18-15-10-5-12-4-3-11-17-16(12)15/h3-4,6-9,11,15,18H,2,5,10H2,1H3.